The SMILES string of the molecule is CSc1nc2nc(C)c(CC(=O)OCc3cc(-c4cccs4)on3)c(C)n2n1. The first-order valence-electron chi connectivity index (χ1n) is 8.47. The number of thioether (sulfide) groups is 1. The summed E-state index contributed by atoms with van der Waals surface area (Å²) in [5, 5.41) is 11.0. The van der Waals surface area contributed by atoms with Crippen molar-refractivity contribution in [2.24, 2.45) is 0 Å². The van der Waals surface area contributed by atoms with E-state index in [1.165, 1.54) is 11.8 Å². The molecule has 144 valence electrons. The summed E-state index contributed by atoms with van der Waals surface area (Å²) in [6.45, 7) is 3.81. The Kier molecular flexibility index (Phi) is 5.14. The second-order valence-electron chi connectivity index (χ2n) is 6.07. The number of hydrogen-bond donors (Lipinski definition) is 0. The van der Waals surface area contributed by atoms with Gasteiger partial charge in [0.1, 0.15) is 12.3 Å². The van der Waals surface area contributed by atoms with Crippen LogP contribution in [0.1, 0.15) is 22.6 Å². The van der Waals surface area contributed by atoms with Crippen LogP contribution in [0, 0.1) is 13.8 Å². The standard InChI is InChI=1S/C18H17N5O3S2/c1-10-13(11(2)23-17(19-10)20-18(21-23)27-3)8-16(24)25-9-12-7-14(26-22-12)15-5-4-6-28-15/h4-7H,8-9H2,1-3H3. The smallest absolute Gasteiger partial charge is 0.310 e. The molecular formula is C18H17N5O3S2. The summed E-state index contributed by atoms with van der Waals surface area (Å²) in [4.78, 5) is 22.1. The van der Waals surface area contributed by atoms with E-state index < -0.39 is 0 Å². The van der Waals surface area contributed by atoms with Crippen LogP contribution >= 0.6 is 23.1 Å². The second-order valence-corrected chi connectivity index (χ2v) is 7.79. The molecule has 0 aliphatic carbocycles. The summed E-state index contributed by atoms with van der Waals surface area (Å²) < 4.78 is 12.3. The number of rotatable bonds is 6. The summed E-state index contributed by atoms with van der Waals surface area (Å²) in [5.74, 6) is 0.830. The van der Waals surface area contributed by atoms with Gasteiger partial charge in [0.25, 0.3) is 5.78 Å². The van der Waals surface area contributed by atoms with E-state index in [0.717, 1.165) is 21.8 Å². The highest BCUT2D eigenvalue weighted by atomic mass is 32.2. The predicted octanol–water partition coefficient (Wildman–Crippen LogP) is 3.47. The number of carbonyl (C=O) groups excluding carboxylic acids is 1. The fraction of sp³-hybridized carbons (Fsp3) is 0.278. The number of carbonyl (C=O) groups is 1. The lowest BCUT2D eigenvalue weighted by Gasteiger charge is -2.09. The maximum Gasteiger partial charge on any atom is 0.310 e. The van der Waals surface area contributed by atoms with E-state index in [-0.39, 0.29) is 19.0 Å². The molecule has 0 unspecified atom stereocenters. The molecule has 0 fully saturated rings. The second kappa shape index (κ2) is 7.72. The largest absolute Gasteiger partial charge is 0.459 e. The molecule has 0 aliphatic rings. The van der Waals surface area contributed by atoms with Gasteiger partial charge in [-0.2, -0.15) is 4.98 Å². The molecule has 0 aliphatic heterocycles. The number of nitrogens with zero attached hydrogens (tertiary/aromatic N) is 5. The van der Waals surface area contributed by atoms with Crippen molar-refractivity contribution in [1.82, 2.24) is 24.7 Å². The van der Waals surface area contributed by atoms with Crippen LogP contribution in [0.2, 0.25) is 0 Å². The van der Waals surface area contributed by atoms with Gasteiger partial charge in [-0.05, 0) is 31.5 Å². The topological polar surface area (TPSA) is 95.4 Å². The van der Waals surface area contributed by atoms with Crippen molar-refractivity contribution in [3.05, 3.63) is 46.2 Å². The van der Waals surface area contributed by atoms with Crippen LogP contribution < -0.4 is 0 Å². The zero-order valence-corrected chi connectivity index (χ0v) is 17.1. The van der Waals surface area contributed by atoms with Gasteiger partial charge < -0.3 is 9.26 Å². The van der Waals surface area contributed by atoms with Crippen molar-refractivity contribution in [2.45, 2.75) is 32.0 Å². The zero-order chi connectivity index (χ0) is 19.7. The maximum atomic E-state index is 12.4. The third kappa shape index (κ3) is 3.65. The first-order chi connectivity index (χ1) is 13.5. The van der Waals surface area contributed by atoms with Gasteiger partial charge in [0.2, 0.25) is 5.16 Å². The predicted molar refractivity (Wildman–Crippen MR) is 105 cm³/mol. The molecule has 0 spiro atoms. The first-order valence-corrected chi connectivity index (χ1v) is 10.6. The molecule has 0 saturated carbocycles. The molecule has 0 aromatic carbocycles. The summed E-state index contributed by atoms with van der Waals surface area (Å²) >= 11 is 3.01. The number of ether oxygens (including phenoxy) is 1. The molecule has 0 radical (unpaired) electrons. The number of aromatic nitrogens is 5. The molecule has 10 heteroatoms. The number of esters is 1. The van der Waals surface area contributed by atoms with Crippen LogP contribution in [0.4, 0.5) is 0 Å². The summed E-state index contributed by atoms with van der Waals surface area (Å²) in [7, 11) is 0. The van der Waals surface area contributed by atoms with Crippen molar-refractivity contribution >= 4 is 34.8 Å². The maximum absolute atomic E-state index is 12.4. The Morgan fingerprint density at radius 1 is 1.36 bits per heavy atom. The van der Waals surface area contributed by atoms with Crippen molar-refractivity contribution in [3.63, 3.8) is 0 Å². The van der Waals surface area contributed by atoms with E-state index in [0.29, 0.717) is 22.4 Å². The molecule has 4 aromatic rings. The highest BCUT2D eigenvalue weighted by molar-refractivity contribution is 7.98. The van der Waals surface area contributed by atoms with Crippen LogP contribution in [-0.4, -0.2) is 37.0 Å². The van der Waals surface area contributed by atoms with Gasteiger partial charge in [0.15, 0.2) is 5.76 Å². The first kappa shape index (κ1) is 18.6. The van der Waals surface area contributed by atoms with E-state index in [1.54, 1.807) is 21.9 Å². The highest BCUT2D eigenvalue weighted by Crippen LogP contribution is 2.25. The molecule has 4 heterocycles. The van der Waals surface area contributed by atoms with E-state index in [2.05, 4.69) is 20.2 Å². The third-order valence-corrected chi connectivity index (χ3v) is 5.66. The number of aryl methyl sites for hydroxylation is 2. The van der Waals surface area contributed by atoms with Crippen LogP contribution in [0.25, 0.3) is 16.4 Å². The average molecular weight is 416 g/mol. The number of thiophene rings is 1. The van der Waals surface area contributed by atoms with Gasteiger partial charge in [0, 0.05) is 23.0 Å². The van der Waals surface area contributed by atoms with Crippen molar-refractivity contribution in [3.8, 4) is 10.6 Å². The normalized spacial score (nSPS) is 11.2. The fourth-order valence-electron chi connectivity index (χ4n) is 2.80. The van der Waals surface area contributed by atoms with Crippen LogP contribution in [0.15, 0.2) is 33.3 Å². The Labute approximate surface area is 168 Å². The molecule has 28 heavy (non-hydrogen) atoms. The average Bonchev–Trinajstić information content (AvgIpc) is 3.43. The Morgan fingerprint density at radius 2 is 2.21 bits per heavy atom. The van der Waals surface area contributed by atoms with E-state index in [4.69, 9.17) is 9.26 Å². The van der Waals surface area contributed by atoms with Crippen molar-refractivity contribution in [1.29, 1.82) is 0 Å². The molecule has 4 aromatic heterocycles. The Balaban J connectivity index is 1.45. The minimum atomic E-state index is -0.363. The third-order valence-electron chi connectivity index (χ3n) is 4.24. The van der Waals surface area contributed by atoms with Crippen LogP contribution in [0.5, 0.6) is 0 Å². The van der Waals surface area contributed by atoms with Gasteiger partial charge in [-0.25, -0.2) is 9.50 Å². The van der Waals surface area contributed by atoms with Gasteiger partial charge in [-0.3, -0.25) is 4.79 Å². The molecule has 4 rings (SSSR count). The fourth-order valence-corrected chi connectivity index (χ4v) is 3.81. The molecule has 0 saturated heterocycles. The highest BCUT2D eigenvalue weighted by Gasteiger charge is 2.17. The number of fused-ring (bicyclic) bond motifs is 1. The minimum Gasteiger partial charge on any atom is -0.459 e. The Morgan fingerprint density at radius 3 is 2.96 bits per heavy atom. The van der Waals surface area contributed by atoms with Crippen molar-refractivity contribution < 1.29 is 14.1 Å². The number of hydrogen-bond acceptors (Lipinski definition) is 9. The monoisotopic (exact) mass is 415 g/mol. The van der Waals surface area contributed by atoms with E-state index in [9.17, 15) is 4.79 Å². The molecule has 0 N–H and O–H groups in total. The van der Waals surface area contributed by atoms with E-state index >= 15 is 0 Å². The van der Waals surface area contributed by atoms with E-state index in [1.807, 2.05) is 37.6 Å². The van der Waals surface area contributed by atoms with Gasteiger partial charge >= 0.3 is 5.97 Å². The summed E-state index contributed by atoms with van der Waals surface area (Å²) in [6.07, 6.45) is 2.01. The Hall–Kier alpha value is -2.72. The lowest BCUT2D eigenvalue weighted by atomic mass is 10.1. The van der Waals surface area contributed by atoms with Gasteiger partial charge in [-0.15, -0.1) is 16.4 Å². The molecular weight excluding hydrogens is 398 g/mol. The van der Waals surface area contributed by atoms with Gasteiger partial charge in [0.05, 0.1) is 11.3 Å². The summed E-state index contributed by atoms with van der Waals surface area (Å²) in [6, 6.07) is 5.67. The van der Waals surface area contributed by atoms with Crippen molar-refractivity contribution in [2.75, 3.05) is 6.26 Å². The lowest BCUT2D eigenvalue weighted by molar-refractivity contribution is -0.144. The van der Waals surface area contributed by atoms with Crippen LogP contribution in [0.3, 0.4) is 0 Å². The summed E-state index contributed by atoms with van der Waals surface area (Å²) in [5.41, 5.74) is 2.92. The lowest BCUT2D eigenvalue weighted by Crippen LogP contribution is -2.13. The van der Waals surface area contributed by atoms with Crippen LogP contribution in [-0.2, 0) is 22.6 Å². The molecule has 0 amide bonds. The minimum absolute atomic E-state index is 0.0570. The van der Waals surface area contributed by atoms with Gasteiger partial charge in [-0.1, -0.05) is 23.0 Å². The quantitative estimate of drug-likeness (QED) is 0.349. The Bertz CT molecular complexity index is 1130. The zero-order valence-electron chi connectivity index (χ0n) is 15.5. The molecule has 8 nitrogen and oxygen atoms in total. The molecule has 0 atom stereocenters. The molecule has 0 bridgehead atoms.